The van der Waals surface area contributed by atoms with Gasteiger partial charge in [0.1, 0.15) is 11.5 Å². The lowest BCUT2D eigenvalue weighted by atomic mass is 9.78. The van der Waals surface area contributed by atoms with Gasteiger partial charge in [-0.2, -0.15) is 3.89 Å². The van der Waals surface area contributed by atoms with Crippen molar-refractivity contribution in [2.75, 3.05) is 31.4 Å². The van der Waals surface area contributed by atoms with Gasteiger partial charge in [0.05, 0.1) is 36.1 Å². The molecule has 0 saturated carbocycles. The second-order valence-corrected chi connectivity index (χ2v) is 9.37. The van der Waals surface area contributed by atoms with Crippen LogP contribution in [0.25, 0.3) is 0 Å². The molecule has 2 aromatic rings. The van der Waals surface area contributed by atoms with Crippen molar-refractivity contribution in [2.24, 2.45) is 11.6 Å². The second-order valence-electron chi connectivity index (χ2n) is 8.08. The van der Waals surface area contributed by atoms with Gasteiger partial charge < -0.3 is 20.2 Å². The van der Waals surface area contributed by atoms with Crippen LogP contribution >= 0.6 is 35.3 Å². The Morgan fingerprint density at radius 2 is 1.76 bits per heavy atom. The van der Waals surface area contributed by atoms with Crippen LogP contribution in [0.1, 0.15) is 37.8 Å². The fourth-order valence-electron chi connectivity index (χ4n) is 3.19. The predicted molar refractivity (Wildman–Crippen MR) is 138 cm³/mol. The van der Waals surface area contributed by atoms with Crippen LogP contribution in [-0.4, -0.2) is 36.4 Å². The third kappa shape index (κ3) is 8.81. The van der Waals surface area contributed by atoms with Gasteiger partial charge >= 0.3 is 0 Å². The SMILES string of the molecule is CC(C)(c1ccc(OCCCN(N)/C=C(\N)CSF)cc1)c1ccc(OCCCCl)c(Cl)c1. The number of nitrogens with zero attached hydrogens (tertiary/aromatic N) is 1. The zero-order valence-corrected chi connectivity index (χ0v) is 21.4. The largest absolute Gasteiger partial charge is 0.494 e. The number of halogens is 3. The molecule has 0 aliphatic heterocycles. The van der Waals surface area contributed by atoms with Crippen LogP contribution in [0, 0.1) is 0 Å². The summed E-state index contributed by atoms with van der Waals surface area (Å²) < 4.78 is 23.7. The van der Waals surface area contributed by atoms with E-state index in [1.807, 2.05) is 30.3 Å². The number of benzene rings is 2. The molecule has 0 spiro atoms. The first-order valence-electron chi connectivity index (χ1n) is 10.7. The van der Waals surface area contributed by atoms with Crippen LogP contribution in [0.5, 0.6) is 11.5 Å². The van der Waals surface area contributed by atoms with Crippen molar-refractivity contribution in [2.45, 2.75) is 32.1 Å². The predicted octanol–water partition coefficient (Wildman–Crippen LogP) is 6.04. The highest BCUT2D eigenvalue weighted by atomic mass is 35.5. The van der Waals surface area contributed by atoms with E-state index in [1.165, 1.54) is 11.2 Å². The van der Waals surface area contributed by atoms with Gasteiger partial charge in [-0.05, 0) is 41.8 Å². The van der Waals surface area contributed by atoms with Crippen molar-refractivity contribution in [1.29, 1.82) is 0 Å². The summed E-state index contributed by atoms with van der Waals surface area (Å²) in [5.74, 6) is 7.93. The molecule has 2 aromatic carbocycles. The third-order valence-electron chi connectivity index (χ3n) is 5.15. The first-order valence-corrected chi connectivity index (χ1v) is 12.5. The van der Waals surface area contributed by atoms with Gasteiger partial charge in [-0.1, -0.05) is 43.6 Å². The Hall–Kier alpha value is -1.80. The Kier molecular flexibility index (Phi) is 11.5. The van der Waals surface area contributed by atoms with E-state index >= 15 is 0 Å². The molecule has 0 aliphatic carbocycles. The minimum Gasteiger partial charge on any atom is -0.494 e. The minimum atomic E-state index is -0.249. The molecule has 0 aromatic heterocycles. The van der Waals surface area contributed by atoms with E-state index < -0.39 is 0 Å². The number of rotatable bonds is 14. The van der Waals surface area contributed by atoms with Crippen LogP contribution in [0.2, 0.25) is 5.02 Å². The maximum Gasteiger partial charge on any atom is 0.137 e. The summed E-state index contributed by atoms with van der Waals surface area (Å²) in [6.45, 7) is 5.90. The van der Waals surface area contributed by atoms with Crippen molar-refractivity contribution in [3.05, 3.63) is 70.5 Å². The van der Waals surface area contributed by atoms with Crippen molar-refractivity contribution in [3.8, 4) is 11.5 Å². The normalized spacial score (nSPS) is 12.0. The molecule has 182 valence electrons. The van der Waals surface area contributed by atoms with Crippen molar-refractivity contribution >= 4 is 35.3 Å². The average molecular weight is 517 g/mol. The Balaban J connectivity index is 1.91. The van der Waals surface area contributed by atoms with E-state index in [1.54, 1.807) is 0 Å². The molecule has 0 saturated heterocycles. The molecule has 0 heterocycles. The molecule has 0 bridgehead atoms. The standard InChI is InChI=1S/C24H32Cl2FN3O2S/c1-24(2,19-7-10-23(22(26)15-19)32-13-3-11-25)18-5-8-21(9-6-18)31-14-4-12-30(29)16-20(28)17-33-27/h5-10,15-16H,3-4,11-14,17,28-29H2,1-2H3/b20-16-. The van der Waals surface area contributed by atoms with Crippen molar-refractivity contribution in [3.63, 3.8) is 0 Å². The van der Waals surface area contributed by atoms with Gasteiger partial charge in [0.25, 0.3) is 0 Å². The molecule has 4 N–H and O–H groups in total. The van der Waals surface area contributed by atoms with Gasteiger partial charge in [-0.3, -0.25) is 0 Å². The van der Waals surface area contributed by atoms with Crippen LogP contribution in [-0.2, 0) is 5.41 Å². The molecule has 0 atom stereocenters. The lowest BCUT2D eigenvalue weighted by Gasteiger charge is -2.27. The average Bonchev–Trinajstić information content (AvgIpc) is 2.78. The summed E-state index contributed by atoms with van der Waals surface area (Å²) >= 11 is 12.3. The quantitative estimate of drug-likeness (QED) is 0.138. The number of nitrogens with two attached hydrogens (primary N) is 2. The fraction of sp³-hybridized carbons (Fsp3) is 0.417. The monoisotopic (exact) mass is 515 g/mol. The summed E-state index contributed by atoms with van der Waals surface area (Å²) in [4.78, 5) is 0. The fourth-order valence-corrected chi connectivity index (χ4v) is 3.74. The molecule has 33 heavy (non-hydrogen) atoms. The van der Waals surface area contributed by atoms with E-state index in [0.29, 0.717) is 48.5 Å². The minimum absolute atomic E-state index is 0.103. The van der Waals surface area contributed by atoms with E-state index in [9.17, 15) is 3.89 Å². The smallest absolute Gasteiger partial charge is 0.137 e. The number of hydrogen-bond donors (Lipinski definition) is 2. The topological polar surface area (TPSA) is 73.7 Å². The van der Waals surface area contributed by atoms with Gasteiger partial charge in [0.15, 0.2) is 0 Å². The lowest BCUT2D eigenvalue weighted by molar-refractivity contribution is 0.278. The van der Waals surface area contributed by atoms with Crippen LogP contribution in [0.4, 0.5) is 3.89 Å². The molecule has 9 heteroatoms. The number of hydrogen-bond acceptors (Lipinski definition) is 6. The Morgan fingerprint density at radius 1 is 1.09 bits per heavy atom. The summed E-state index contributed by atoms with van der Waals surface area (Å²) in [6.07, 6.45) is 3.01. The number of ether oxygens (including phenoxy) is 2. The number of alkyl halides is 1. The molecular weight excluding hydrogens is 484 g/mol. The van der Waals surface area contributed by atoms with E-state index in [-0.39, 0.29) is 23.3 Å². The molecule has 0 fully saturated rings. The maximum absolute atomic E-state index is 12.2. The molecule has 0 unspecified atom stereocenters. The van der Waals surface area contributed by atoms with Crippen molar-refractivity contribution in [1.82, 2.24) is 5.01 Å². The highest BCUT2D eigenvalue weighted by molar-refractivity contribution is 7.94. The van der Waals surface area contributed by atoms with Gasteiger partial charge in [-0.25, -0.2) is 5.84 Å². The van der Waals surface area contributed by atoms with Crippen LogP contribution < -0.4 is 21.1 Å². The molecule has 0 aliphatic rings. The summed E-state index contributed by atoms with van der Waals surface area (Å²) in [7, 11) is 0. The highest BCUT2D eigenvalue weighted by Crippen LogP contribution is 2.36. The van der Waals surface area contributed by atoms with E-state index in [0.717, 1.165) is 23.3 Å². The van der Waals surface area contributed by atoms with Crippen molar-refractivity contribution < 1.29 is 13.4 Å². The maximum atomic E-state index is 12.2. The zero-order chi connectivity index (χ0) is 24.3. The summed E-state index contributed by atoms with van der Waals surface area (Å²) in [5, 5.41) is 2.03. The van der Waals surface area contributed by atoms with E-state index in [2.05, 4.69) is 26.0 Å². The molecule has 2 rings (SSSR count). The molecule has 5 nitrogen and oxygen atoms in total. The molecule has 0 radical (unpaired) electrons. The number of hydrazine groups is 1. The van der Waals surface area contributed by atoms with Gasteiger partial charge in [0.2, 0.25) is 0 Å². The zero-order valence-electron chi connectivity index (χ0n) is 19.0. The third-order valence-corrected chi connectivity index (χ3v) is 6.15. The van der Waals surface area contributed by atoms with Crippen LogP contribution in [0.3, 0.4) is 0 Å². The summed E-state index contributed by atoms with van der Waals surface area (Å²) in [6, 6.07) is 13.9. The molecular formula is C24H32Cl2FN3O2S. The highest BCUT2D eigenvalue weighted by Gasteiger charge is 2.24. The Bertz CT molecular complexity index is 898. The first-order chi connectivity index (χ1) is 15.8. The van der Waals surface area contributed by atoms with E-state index in [4.69, 9.17) is 44.3 Å². The lowest BCUT2D eigenvalue weighted by Crippen LogP contribution is -2.28. The Labute approximate surface area is 210 Å². The van der Waals surface area contributed by atoms with Gasteiger partial charge in [-0.15, -0.1) is 11.6 Å². The molecule has 0 amide bonds. The summed E-state index contributed by atoms with van der Waals surface area (Å²) in [5.41, 5.74) is 8.01. The van der Waals surface area contributed by atoms with Crippen LogP contribution in [0.15, 0.2) is 54.4 Å². The Morgan fingerprint density at radius 3 is 2.39 bits per heavy atom. The van der Waals surface area contributed by atoms with Gasteiger partial charge in [0, 0.05) is 36.2 Å². The first kappa shape index (κ1) is 27.4. The second kappa shape index (κ2) is 13.8.